The predicted molar refractivity (Wildman–Crippen MR) is 198 cm³/mol. The smallest absolute Gasteiger partial charge is 0.410 e. The summed E-state index contributed by atoms with van der Waals surface area (Å²) in [5.74, 6) is -1.31. The molecule has 1 aliphatic heterocycles. The molecule has 0 bridgehead atoms. The molecular formula is C37H57N5O9S. The minimum atomic E-state index is -0.966. The summed E-state index contributed by atoms with van der Waals surface area (Å²) in [4.78, 5) is 60.5. The molecule has 290 valence electrons. The molecule has 4 atom stereocenters. The van der Waals surface area contributed by atoms with Crippen molar-refractivity contribution in [2.45, 2.75) is 91.6 Å². The van der Waals surface area contributed by atoms with Crippen molar-refractivity contribution in [2.24, 2.45) is 5.41 Å². The first-order chi connectivity index (χ1) is 24.4. The maximum absolute atomic E-state index is 13.9. The van der Waals surface area contributed by atoms with Gasteiger partial charge in [-0.05, 0) is 51.2 Å². The molecule has 0 spiro atoms. The second-order valence-electron chi connectivity index (χ2n) is 15.1. The third-order valence-electron chi connectivity index (χ3n) is 8.31. The van der Waals surface area contributed by atoms with E-state index in [1.807, 2.05) is 64.4 Å². The summed E-state index contributed by atoms with van der Waals surface area (Å²) in [6.07, 6.45) is -1.20. The van der Waals surface area contributed by atoms with E-state index in [4.69, 9.17) is 18.9 Å². The predicted octanol–water partition coefficient (Wildman–Crippen LogP) is 3.71. The number of nitrogens with one attached hydrogen (secondary N) is 2. The molecule has 15 heteroatoms. The molecule has 1 fully saturated rings. The number of benzene rings is 1. The van der Waals surface area contributed by atoms with Crippen molar-refractivity contribution < 1.29 is 43.2 Å². The second-order valence-corrected chi connectivity index (χ2v) is 15.9. The van der Waals surface area contributed by atoms with Crippen LogP contribution >= 0.6 is 11.3 Å². The van der Waals surface area contributed by atoms with Crippen LogP contribution in [0, 0.1) is 12.3 Å². The average Bonchev–Trinajstić information content (AvgIpc) is 3.67. The summed E-state index contributed by atoms with van der Waals surface area (Å²) < 4.78 is 21.8. The highest BCUT2D eigenvalue weighted by atomic mass is 32.1. The molecule has 4 amide bonds. The number of β-amino-alcohol motifs (C(OH)–C–C–N with tert-alkyl or cyclic N) is 1. The molecule has 1 aromatic carbocycles. The Balaban J connectivity index is 1.42. The molecule has 1 aliphatic rings. The lowest BCUT2D eigenvalue weighted by molar-refractivity contribution is -0.144. The third kappa shape index (κ3) is 13.4. The van der Waals surface area contributed by atoms with E-state index >= 15 is 0 Å². The molecule has 1 saturated heterocycles. The Kier molecular flexibility index (Phi) is 16.0. The molecule has 0 radical (unpaired) electrons. The Morgan fingerprint density at radius 3 is 2.17 bits per heavy atom. The number of amides is 4. The fraction of sp³-hybridized carbons (Fsp3) is 0.649. The summed E-state index contributed by atoms with van der Waals surface area (Å²) in [7, 11) is 1.64. The van der Waals surface area contributed by atoms with Gasteiger partial charge in [0.25, 0.3) is 0 Å². The van der Waals surface area contributed by atoms with Crippen LogP contribution in [0.5, 0.6) is 0 Å². The lowest BCUT2D eigenvalue weighted by Gasteiger charge is -2.35. The van der Waals surface area contributed by atoms with Crippen molar-refractivity contribution in [3.63, 3.8) is 0 Å². The SMILES string of the molecule is Cc1ncsc1-c1ccc(C(C)NC(=O)C2CC(O)CN2C(=O)C(NC(=O)COCCOCCOCCN(C)C(=O)OC(C)(C)C)C(C)(C)C)cc1. The van der Waals surface area contributed by atoms with Crippen LogP contribution in [0.4, 0.5) is 4.79 Å². The number of likely N-dealkylation sites (N-methyl/N-ethyl adjacent to an activating group) is 1. The van der Waals surface area contributed by atoms with Crippen LogP contribution in [-0.4, -0.2) is 127 Å². The average molecular weight is 748 g/mol. The summed E-state index contributed by atoms with van der Waals surface area (Å²) in [6, 6.07) is 5.70. The highest BCUT2D eigenvalue weighted by Crippen LogP contribution is 2.29. The zero-order chi connectivity index (χ0) is 38.6. The van der Waals surface area contributed by atoms with Crippen molar-refractivity contribution >= 4 is 35.2 Å². The van der Waals surface area contributed by atoms with Gasteiger partial charge in [0, 0.05) is 26.6 Å². The highest BCUT2D eigenvalue weighted by Gasteiger charge is 2.44. The number of aliphatic hydroxyl groups is 1. The fourth-order valence-corrected chi connectivity index (χ4v) is 6.27. The Labute approximate surface area is 311 Å². The zero-order valence-corrected chi connectivity index (χ0v) is 32.8. The van der Waals surface area contributed by atoms with Crippen LogP contribution in [0.1, 0.15) is 72.2 Å². The molecule has 4 unspecified atom stereocenters. The lowest BCUT2D eigenvalue weighted by atomic mass is 9.85. The number of carbonyl (C=O) groups is 4. The number of thiazole rings is 1. The topological polar surface area (TPSA) is 169 Å². The van der Waals surface area contributed by atoms with Crippen molar-refractivity contribution in [2.75, 3.05) is 59.8 Å². The van der Waals surface area contributed by atoms with E-state index in [0.29, 0.717) is 26.4 Å². The maximum Gasteiger partial charge on any atom is 0.410 e. The van der Waals surface area contributed by atoms with E-state index < -0.39 is 47.1 Å². The van der Waals surface area contributed by atoms with Gasteiger partial charge in [0.1, 0.15) is 24.3 Å². The van der Waals surface area contributed by atoms with E-state index in [1.165, 1.54) is 9.80 Å². The standard InChI is InChI=1S/C37H57N5O9S/c1-24(26-10-12-27(13-11-26)31-25(2)38-23-52-31)39-33(45)29-20-28(43)21-42(29)34(46)32(36(3,4)5)40-30(44)22-50-19-18-49-17-16-48-15-14-41(9)35(47)51-37(6,7)8/h10-13,23-24,28-29,32,43H,14-22H2,1-9H3,(H,39,45)(H,40,44). The first-order valence-electron chi connectivity index (χ1n) is 17.6. The van der Waals surface area contributed by atoms with Gasteiger partial charge in [-0.25, -0.2) is 9.78 Å². The van der Waals surface area contributed by atoms with E-state index in [1.54, 1.807) is 39.2 Å². The van der Waals surface area contributed by atoms with Crippen LogP contribution in [0.25, 0.3) is 10.4 Å². The molecule has 52 heavy (non-hydrogen) atoms. The quantitative estimate of drug-likeness (QED) is 0.203. The number of aromatic nitrogens is 1. The van der Waals surface area contributed by atoms with Gasteiger partial charge in [0.2, 0.25) is 17.7 Å². The highest BCUT2D eigenvalue weighted by molar-refractivity contribution is 7.13. The first-order valence-corrected chi connectivity index (χ1v) is 18.5. The number of rotatable bonds is 17. The van der Waals surface area contributed by atoms with E-state index in [0.717, 1.165) is 21.7 Å². The normalized spacial score (nSPS) is 17.4. The Hall–Kier alpha value is -3.63. The summed E-state index contributed by atoms with van der Waals surface area (Å²) in [5.41, 5.74) is 3.46. The summed E-state index contributed by atoms with van der Waals surface area (Å²) >= 11 is 1.57. The molecule has 2 heterocycles. The molecule has 1 aromatic heterocycles. The second kappa shape index (κ2) is 19.4. The number of nitrogens with zero attached hydrogens (tertiary/aromatic N) is 3. The summed E-state index contributed by atoms with van der Waals surface area (Å²) in [6.45, 7) is 16.1. The van der Waals surface area contributed by atoms with Crippen molar-refractivity contribution in [1.29, 1.82) is 0 Å². The number of aliphatic hydroxyl groups excluding tert-OH is 1. The number of hydrogen-bond acceptors (Lipinski definition) is 11. The molecule has 0 aliphatic carbocycles. The van der Waals surface area contributed by atoms with E-state index in [-0.39, 0.29) is 44.7 Å². The van der Waals surface area contributed by atoms with E-state index in [9.17, 15) is 24.3 Å². The van der Waals surface area contributed by atoms with Crippen LogP contribution in [0.15, 0.2) is 29.8 Å². The Bertz CT molecular complexity index is 1470. The molecule has 2 aromatic rings. The van der Waals surface area contributed by atoms with Gasteiger partial charge in [-0.15, -0.1) is 11.3 Å². The van der Waals surface area contributed by atoms with Gasteiger partial charge >= 0.3 is 6.09 Å². The van der Waals surface area contributed by atoms with Gasteiger partial charge < -0.3 is 44.5 Å². The minimum absolute atomic E-state index is 0.0192. The molecule has 0 saturated carbocycles. The molecule has 14 nitrogen and oxygen atoms in total. The molecule has 3 rings (SSSR count). The molecule has 3 N–H and O–H groups in total. The maximum atomic E-state index is 13.9. The van der Waals surface area contributed by atoms with Gasteiger partial charge in [-0.3, -0.25) is 14.4 Å². The largest absolute Gasteiger partial charge is 0.444 e. The Morgan fingerprint density at radius 2 is 1.60 bits per heavy atom. The van der Waals surface area contributed by atoms with Crippen molar-refractivity contribution in [3.8, 4) is 10.4 Å². The van der Waals surface area contributed by atoms with Crippen LogP contribution < -0.4 is 10.6 Å². The van der Waals surface area contributed by atoms with Crippen molar-refractivity contribution in [3.05, 3.63) is 41.0 Å². The van der Waals surface area contributed by atoms with Crippen LogP contribution in [-0.2, 0) is 33.3 Å². The molecular weight excluding hydrogens is 690 g/mol. The number of carbonyl (C=O) groups excluding carboxylic acids is 4. The van der Waals surface area contributed by atoms with Crippen LogP contribution in [0.3, 0.4) is 0 Å². The monoisotopic (exact) mass is 747 g/mol. The summed E-state index contributed by atoms with van der Waals surface area (Å²) in [5, 5.41) is 16.3. The zero-order valence-electron chi connectivity index (χ0n) is 32.0. The van der Waals surface area contributed by atoms with Gasteiger partial charge in [-0.2, -0.15) is 0 Å². The van der Waals surface area contributed by atoms with Gasteiger partial charge in [0.15, 0.2) is 0 Å². The first kappa shape index (κ1) is 42.8. The van der Waals surface area contributed by atoms with Crippen molar-refractivity contribution in [1.82, 2.24) is 25.4 Å². The number of aryl methyl sites for hydroxylation is 1. The third-order valence-corrected chi connectivity index (χ3v) is 9.29. The number of ether oxygens (including phenoxy) is 4. The number of hydrogen-bond donors (Lipinski definition) is 3. The van der Waals surface area contributed by atoms with Gasteiger partial charge in [-0.1, -0.05) is 45.0 Å². The van der Waals surface area contributed by atoms with Gasteiger partial charge in [0.05, 0.1) is 61.3 Å². The van der Waals surface area contributed by atoms with E-state index in [2.05, 4.69) is 15.6 Å². The Morgan fingerprint density at radius 1 is 0.981 bits per heavy atom. The minimum Gasteiger partial charge on any atom is -0.444 e. The lowest BCUT2D eigenvalue weighted by Crippen LogP contribution is -2.58. The van der Waals surface area contributed by atoms with Crippen LogP contribution in [0.2, 0.25) is 0 Å². The fourth-order valence-electron chi connectivity index (χ4n) is 5.46. The number of likely N-dealkylation sites (tertiary alicyclic amines) is 1.